The Morgan fingerprint density at radius 1 is 1.14 bits per heavy atom. The third-order valence-corrected chi connectivity index (χ3v) is 4.09. The van der Waals surface area contributed by atoms with Gasteiger partial charge in [0.15, 0.2) is 5.11 Å². The highest BCUT2D eigenvalue weighted by Crippen LogP contribution is 2.31. The van der Waals surface area contributed by atoms with Crippen molar-refractivity contribution in [3.05, 3.63) is 45.7 Å². The lowest BCUT2D eigenvalue weighted by Crippen LogP contribution is -2.45. The molecule has 1 aliphatic rings. The van der Waals surface area contributed by atoms with Gasteiger partial charge in [-0.15, -0.1) is 0 Å². The van der Waals surface area contributed by atoms with Crippen molar-refractivity contribution in [3.63, 3.8) is 0 Å². The highest BCUT2D eigenvalue weighted by Gasteiger charge is 2.31. The summed E-state index contributed by atoms with van der Waals surface area (Å²) in [6.07, 6.45) is 0. The van der Waals surface area contributed by atoms with Crippen LogP contribution < -0.4 is 10.6 Å². The van der Waals surface area contributed by atoms with E-state index in [1.807, 2.05) is 13.8 Å². The van der Waals surface area contributed by atoms with E-state index in [0.29, 0.717) is 10.7 Å². The van der Waals surface area contributed by atoms with E-state index in [1.54, 1.807) is 0 Å². The molecule has 0 saturated heterocycles. The molecule has 0 unspecified atom stereocenters. The topological polar surface area (TPSA) is 50.4 Å². The minimum atomic E-state index is -0.349. The summed E-state index contributed by atoms with van der Waals surface area (Å²) in [6.45, 7) is 8.02. The lowest BCUT2D eigenvalue weighted by molar-refractivity contribution is -0.136. The van der Waals surface area contributed by atoms with Crippen LogP contribution in [0.4, 0.5) is 0 Å². The van der Waals surface area contributed by atoms with Gasteiger partial charge in [-0.3, -0.25) is 0 Å². The van der Waals surface area contributed by atoms with Gasteiger partial charge in [0, 0.05) is 5.70 Å². The second kappa shape index (κ2) is 5.85. The zero-order valence-electron chi connectivity index (χ0n) is 13.0. The Morgan fingerprint density at radius 3 is 2.38 bits per heavy atom. The molecule has 2 N–H and O–H groups in total. The first-order valence-corrected chi connectivity index (χ1v) is 7.20. The van der Waals surface area contributed by atoms with E-state index in [4.69, 9.17) is 17.0 Å². The quantitative estimate of drug-likeness (QED) is 0.650. The van der Waals surface area contributed by atoms with Gasteiger partial charge in [-0.25, -0.2) is 4.79 Å². The molecule has 0 amide bonds. The van der Waals surface area contributed by atoms with Gasteiger partial charge in [0.25, 0.3) is 0 Å². The number of aryl methyl sites for hydroxylation is 3. The Morgan fingerprint density at radius 2 is 1.76 bits per heavy atom. The molecule has 1 heterocycles. The number of thiocarbonyl (C=S) groups is 1. The fourth-order valence-electron chi connectivity index (χ4n) is 2.60. The Kier molecular flexibility index (Phi) is 4.32. The number of rotatable bonds is 2. The maximum absolute atomic E-state index is 12.1. The van der Waals surface area contributed by atoms with Crippen LogP contribution in [-0.4, -0.2) is 18.2 Å². The van der Waals surface area contributed by atoms with Crippen LogP contribution in [0.2, 0.25) is 0 Å². The van der Waals surface area contributed by atoms with Gasteiger partial charge >= 0.3 is 5.97 Å². The van der Waals surface area contributed by atoms with E-state index in [-0.39, 0.29) is 12.0 Å². The largest absolute Gasteiger partial charge is 0.466 e. The number of ether oxygens (including phenoxy) is 1. The molecular weight excluding hydrogens is 284 g/mol. The van der Waals surface area contributed by atoms with E-state index >= 15 is 0 Å². The normalized spacial score (nSPS) is 18.1. The second-order valence-electron chi connectivity index (χ2n) is 5.35. The number of benzene rings is 1. The molecule has 112 valence electrons. The van der Waals surface area contributed by atoms with Crippen molar-refractivity contribution in [2.75, 3.05) is 7.11 Å². The van der Waals surface area contributed by atoms with Gasteiger partial charge in [0.05, 0.1) is 18.7 Å². The summed E-state index contributed by atoms with van der Waals surface area (Å²) in [5.41, 5.74) is 5.87. The lowest BCUT2D eigenvalue weighted by atomic mass is 9.90. The molecule has 0 aliphatic carbocycles. The first-order valence-electron chi connectivity index (χ1n) is 6.79. The van der Waals surface area contributed by atoms with Crippen LogP contribution in [0.1, 0.15) is 35.2 Å². The molecule has 0 spiro atoms. The van der Waals surface area contributed by atoms with Gasteiger partial charge in [-0.2, -0.15) is 0 Å². The van der Waals surface area contributed by atoms with E-state index < -0.39 is 0 Å². The van der Waals surface area contributed by atoms with Crippen molar-refractivity contribution >= 4 is 23.3 Å². The van der Waals surface area contributed by atoms with Crippen LogP contribution in [0.15, 0.2) is 23.4 Å². The van der Waals surface area contributed by atoms with Gasteiger partial charge < -0.3 is 15.4 Å². The maximum atomic E-state index is 12.1. The highest BCUT2D eigenvalue weighted by atomic mass is 32.1. The van der Waals surface area contributed by atoms with Crippen LogP contribution in [-0.2, 0) is 9.53 Å². The molecule has 0 bridgehead atoms. The molecule has 1 atom stereocenters. The van der Waals surface area contributed by atoms with Crippen molar-refractivity contribution in [1.82, 2.24) is 10.6 Å². The molecule has 5 heteroatoms. The standard InChI is InChI=1S/C16H20N2O2S/c1-8-6-10(3)12(7-9(8)2)14-13(15(19)20-5)11(4)17-16(21)18-14/h6-7,14H,1-5H3,(H2,17,18,21)/t14-/m1/s1. The van der Waals surface area contributed by atoms with Crippen molar-refractivity contribution in [3.8, 4) is 0 Å². The molecular formula is C16H20N2O2S. The summed E-state index contributed by atoms with van der Waals surface area (Å²) < 4.78 is 4.92. The van der Waals surface area contributed by atoms with E-state index in [0.717, 1.165) is 16.8 Å². The molecule has 2 rings (SSSR count). The number of methoxy groups -OCH3 is 1. The van der Waals surface area contributed by atoms with Crippen molar-refractivity contribution in [2.24, 2.45) is 0 Å². The number of esters is 1. The minimum Gasteiger partial charge on any atom is -0.466 e. The number of hydrogen-bond donors (Lipinski definition) is 2. The van der Waals surface area contributed by atoms with Crippen LogP contribution >= 0.6 is 12.2 Å². The molecule has 1 aliphatic heterocycles. The molecule has 1 aromatic carbocycles. The summed E-state index contributed by atoms with van der Waals surface area (Å²) in [4.78, 5) is 12.1. The van der Waals surface area contributed by atoms with Crippen LogP contribution in [0.5, 0.6) is 0 Å². The fraction of sp³-hybridized carbons (Fsp3) is 0.375. The highest BCUT2D eigenvalue weighted by molar-refractivity contribution is 7.80. The summed E-state index contributed by atoms with van der Waals surface area (Å²) in [6, 6.07) is 3.94. The first kappa shape index (κ1) is 15.5. The number of hydrogen-bond acceptors (Lipinski definition) is 3. The van der Waals surface area contributed by atoms with E-state index in [2.05, 4.69) is 36.6 Å². The van der Waals surface area contributed by atoms with Gasteiger partial charge in [-0.1, -0.05) is 12.1 Å². The zero-order chi connectivity index (χ0) is 15.7. The van der Waals surface area contributed by atoms with E-state index in [1.165, 1.54) is 18.2 Å². The number of carbonyl (C=O) groups is 1. The molecule has 0 radical (unpaired) electrons. The van der Waals surface area contributed by atoms with Crippen molar-refractivity contribution < 1.29 is 9.53 Å². The Bertz CT molecular complexity index is 650. The lowest BCUT2D eigenvalue weighted by Gasteiger charge is -2.31. The number of nitrogens with one attached hydrogen (secondary N) is 2. The summed E-state index contributed by atoms with van der Waals surface area (Å²) >= 11 is 5.23. The summed E-state index contributed by atoms with van der Waals surface area (Å²) in [5, 5.41) is 6.68. The smallest absolute Gasteiger partial charge is 0.337 e. The second-order valence-corrected chi connectivity index (χ2v) is 5.76. The fourth-order valence-corrected chi connectivity index (χ4v) is 2.87. The molecule has 0 aromatic heterocycles. The predicted molar refractivity (Wildman–Crippen MR) is 87.0 cm³/mol. The average Bonchev–Trinajstić information content (AvgIpc) is 2.41. The first-order chi connectivity index (χ1) is 9.85. The monoisotopic (exact) mass is 304 g/mol. The van der Waals surface area contributed by atoms with Crippen LogP contribution in [0.25, 0.3) is 0 Å². The van der Waals surface area contributed by atoms with Crippen LogP contribution in [0, 0.1) is 20.8 Å². The Balaban J connectivity index is 2.59. The molecule has 0 saturated carbocycles. The third-order valence-electron chi connectivity index (χ3n) is 3.87. The van der Waals surface area contributed by atoms with Crippen molar-refractivity contribution in [1.29, 1.82) is 0 Å². The van der Waals surface area contributed by atoms with E-state index in [9.17, 15) is 4.79 Å². The maximum Gasteiger partial charge on any atom is 0.337 e. The SMILES string of the molecule is COC(=O)C1=C(C)NC(=S)N[C@@H]1c1cc(C)c(C)cc1C. The van der Waals surface area contributed by atoms with Gasteiger partial charge in [0.1, 0.15) is 0 Å². The van der Waals surface area contributed by atoms with Crippen LogP contribution in [0.3, 0.4) is 0 Å². The third kappa shape index (κ3) is 2.93. The summed E-state index contributed by atoms with van der Waals surface area (Å²) in [5.74, 6) is -0.349. The molecule has 0 fully saturated rings. The molecule has 4 nitrogen and oxygen atoms in total. The predicted octanol–water partition coefficient (Wildman–Crippen LogP) is 2.58. The summed E-state index contributed by atoms with van der Waals surface area (Å²) in [7, 11) is 1.39. The Hall–Kier alpha value is -1.88. The van der Waals surface area contributed by atoms with Gasteiger partial charge in [-0.05, 0) is 62.2 Å². The Labute approximate surface area is 130 Å². The minimum absolute atomic E-state index is 0.287. The average molecular weight is 304 g/mol. The zero-order valence-corrected chi connectivity index (χ0v) is 13.8. The van der Waals surface area contributed by atoms with Crippen molar-refractivity contribution in [2.45, 2.75) is 33.7 Å². The number of carbonyl (C=O) groups excluding carboxylic acids is 1. The molecule has 1 aromatic rings. The molecule has 21 heavy (non-hydrogen) atoms. The number of allylic oxidation sites excluding steroid dienone is 1. The van der Waals surface area contributed by atoms with Gasteiger partial charge in [0.2, 0.25) is 0 Å².